The molecule has 20 heavy (non-hydrogen) atoms. The number of rotatable bonds is 11. The number of nitrogens with zero attached hydrogens (tertiary/aromatic N) is 1. The summed E-state index contributed by atoms with van der Waals surface area (Å²) in [4.78, 5) is 2.40. The van der Waals surface area contributed by atoms with Crippen LogP contribution in [0.5, 0.6) is 0 Å². The SMILES string of the molecule is COCCCN(CCNc1ccccc1Br)CCOC. The Labute approximate surface area is 130 Å². The Balaban J connectivity index is 2.31. The zero-order valence-corrected chi connectivity index (χ0v) is 14.0. The monoisotopic (exact) mass is 344 g/mol. The molecular weight excluding hydrogens is 320 g/mol. The smallest absolute Gasteiger partial charge is 0.0589 e. The van der Waals surface area contributed by atoms with Crippen LogP contribution in [-0.4, -0.2) is 58.5 Å². The number of ether oxygens (including phenoxy) is 2. The van der Waals surface area contributed by atoms with Gasteiger partial charge < -0.3 is 14.8 Å². The first-order valence-electron chi connectivity index (χ1n) is 6.96. The van der Waals surface area contributed by atoms with E-state index >= 15 is 0 Å². The first kappa shape index (κ1) is 17.4. The number of hydrogen-bond acceptors (Lipinski definition) is 4. The molecule has 0 heterocycles. The molecule has 4 nitrogen and oxygen atoms in total. The van der Waals surface area contributed by atoms with Crippen LogP contribution in [0.15, 0.2) is 28.7 Å². The topological polar surface area (TPSA) is 33.7 Å². The molecule has 114 valence electrons. The Morgan fingerprint density at radius 2 is 1.80 bits per heavy atom. The van der Waals surface area contributed by atoms with Crippen molar-refractivity contribution in [3.8, 4) is 0 Å². The lowest BCUT2D eigenvalue weighted by Crippen LogP contribution is -2.33. The number of hydrogen-bond donors (Lipinski definition) is 1. The van der Waals surface area contributed by atoms with Crippen LogP contribution in [0.3, 0.4) is 0 Å². The summed E-state index contributed by atoms with van der Waals surface area (Å²) < 4.78 is 11.4. The van der Waals surface area contributed by atoms with E-state index in [2.05, 4.69) is 32.2 Å². The Hall–Kier alpha value is -0.620. The predicted octanol–water partition coefficient (Wildman–Crippen LogP) is 2.85. The van der Waals surface area contributed by atoms with Crippen LogP contribution in [0.25, 0.3) is 0 Å². The van der Waals surface area contributed by atoms with E-state index in [1.54, 1.807) is 14.2 Å². The molecule has 1 rings (SSSR count). The van der Waals surface area contributed by atoms with Crippen molar-refractivity contribution >= 4 is 21.6 Å². The van der Waals surface area contributed by atoms with Crippen molar-refractivity contribution in [1.29, 1.82) is 0 Å². The first-order valence-corrected chi connectivity index (χ1v) is 7.76. The van der Waals surface area contributed by atoms with Crippen molar-refractivity contribution in [3.63, 3.8) is 0 Å². The predicted molar refractivity (Wildman–Crippen MR) is 87.4 cm³/mol. The van der Waals surface area contributed by atoms with Gasteiger partial charge in [-0.25, -0.2) is 0 Å². The molecule has 0 saturated heterocycles. The molecule has 1 N–H and O–H groups in total. The van der Waals surface area contributed by atoms with Crippen LogP contribution in [0.1, 0.15) is 6.42 Å². The number of anilines is 1. The van der Waals surface area contributed by atoms with Gasteiger partial charge in [-0.05, 0) is 34.5 Å². The highest BCUT2D eigenvalue weighted by atomic mass is 79.9. The number of benzene rings is 1. The molecule has 0 unspecified atom stereocenters. The molecule has 0 aromatic heterocycles. The van der Waals surface area contributed by atoms with Crippen molar-refractivity contribution in [2.45, 2.75) is 6.42 Å². The van der Waals surface area contributed by atoms with Crippen molar-refractivity contribution < 1.29 is 9.47 Å². The average molecular weight is 345 g/mol. The van der Waals surface area contributed by atoms with Gasteiger partial charge in [0.05, 0.1) is 6.61 Å². The molecule has 1 aromatic rings. The summed E-state index contributed by atoms with van der Waals surface area (Å²) in [6, 6.07) is 8.18. The van der Waals surface area contributed by atoms with E-state index < -0.39 is 0 Å². The van der Waals surface area contributed by atoms with Crippen LogP contribution >= 0.6 is 15.9 Å². The maximum absolute atomic E-state index is 5.16. The number of halogens is 1. The molecule has 0 radical (unpaired) electrons. The molecule has 1 aromatic carbocycles. The van der Waals surface area contributed by atoms with Gasteiger partial charge in [0.15, 0.2) is 0 Å². The fourth-order valence-electron chi connectivity index (χ4n) is 1.94. The number of para-hydroxylation sites is 1. The molecule has 0 spiro atoms. The van der Waals surface area contributed by atoms with Gasteiger partial charge in [0.1, 0.15) is 0 Å². The standard InChI is InChI=1S/C15H25BrN2O2/c1-19-12-5-9-18(11-13-20-2)10-8-17-15-7-4-3-6-14(15)16/h3-4,6-7,17H,5,8-13H2,1-2H3. The fraction of sp³-hybridized carbons (Fsp3) is 0.600. The summed E-state index contributed by atoms with van der Waals surface area (Å²) in [7, 11) is 3.49. The lowest BCUT2D eigenvalue weighted by Gasteiger charge is -2.22. The van der Waals surface area contributed by atoms with Gasteiger partial charge in [-0.1, -0.05) is 12.1 Å². The summed E-state index contributed by atoms with van der Waals surface area (Å²) in [6.45, 7) is 5.48. The van der Waals surface area contributed by atoms with Crippen LogP contribution in [0, 0.1) is 0 Å². The highest BCUT2D eigenvalue weighted by Crippen LogP contribution is 2.20. The van der Waals surface area contributed by atoms with E-state index in [-0.39, 0.29) is 0 Å². The number of nitrogens with one attached hydrogen (secondary N) is 1. The first-order chi connectivity index (χ1) is 9.77. The van der Waals surface area contributed by atoms with Crippen LogP contribution in [-0.2, 0) is 9.47 Å². The third-order valence-corrected chi connectivity index (χ3v) is 3.74. The third kappa shape index (κ3) is 7.24. The second-order valence-corrected chi connectivity index (χ2v) is 5.44. The zero-order chi connectivity index (χ0) is 14.6. The molecule has 0 amide bonds. The molecule has 0 aliphatic carbocycles. The lowest BCUT2D eigenvalue weighted by atomic mass is 10.3. The Morgan fingerprint density at radius 1 is 1.05 bits per heavy atom. The molecule has 0 bridgehead atoms. The zero-order valence-electron chi connectivity index (χ0n) is 12.4. The van der Waals surface area contributed by atoms with Crippen molar-refractivity contribution in [2.24, 2.45) is 0 Å². The molecular formula is C15H25BrN2O2. The van der Waals surface area contributed by atoms with Crippen molar-refractivity contribution in [2.75, 3.05) is 58.9 Å². The second-order valence-electron chi connectivity index (χ2n) is 4.59. The van der Waals surface area contributed by atoms with Gasteiger partial charge >= 0.3 is 0 Å². The number of methoxy groups -OCH3 is 2. The average Bonchev–Trinajstić information content (AvgIpc) is 2.46. The van der Waals surface area contributed by atoms with E-state index in [9.17, 15) is 0 Å². The Kier molecular flexibility index (Phi) is 9.66. The van der Waals surface area contributed by atoms with Crippen LogP contribution in [0.2, 0.25) is 0 Å². The maximum Gasteiger partial charge on any atom is 0.0589 e. The summed E-state index contributed by atoms with van der Waals surface area (Å²) >= 11 is 3.54. The Bertz CT molecular complexity index is 363. The summed E-state index contributed by atoms with van der Waals surface area (Å²) in [5.74, 6) is 0. The summed E-state index contributed by atoms with van der Waals surface area (Å²) in [6.07, 6.45) is 1.05. The molecule has 0 saturated carbocycles. The van der Waals surface area contributed by atoms with E-state index in [0.717, 1.165) is 56.0 Å². The Morgan fingerprint density at radius 3 is 2.50 bits per heavy atom. The van der Waals surface area contributed by atoms with Gasteiger partial charge in [-0.15, -0.1) is 0 Å². The molecule has 5 heteroatoms. The summed E-state index contributed by atoms with van der Waals surface area (Å²) in [5, 5.41) is 3.45. The summed E-state index contributed by atoms with van der Waals surface area (Å²) in [5.41, 5.74) is 1.14. The molecule has 0 atom stereocenters. The van der Waals surface area contributed by atoms with Crippen LogP contribution in [0.4, 0.5) is 5.69 Å². The minimum Gasteiger partial charge on any atom is -0.385 e. The molecule has 0 aliphatic rings. The highest BCUT2D eigenvalue weighted by molar-refractivity contribution is 9.10. The van der Waals surface area contributed by atoms with Crippen LogP contribution < -0.4 is 5.32 Å². The molecule has 0 aliphatic heterocycles. The third-order valence-electron chi connectivity index (χ3n) is 3.05. The van der Waals surface area contributed by atoms with Gasteiger partial charge in [-0.2, -0.15) is 0 Å². The second kappa shape index (κ2) is 11.1. The van der Waals surface area contributed by atoms with Gasteiger partial charge in [0.2, 0.25) is 0 Å². The quantitative estimate of drug-likeness (QED) is 0.626. The molecule has 0 fully saturated rings. The minimum atomic E-state index is 0.766. The van der Waals surface area contributed by atoms with E-state index in [1.807, 2.05) is 18.2 Å². The lowest BCUT2D eigenvalue weighted by molar-refractivity contribution is 0.135. The van der Waals surface area contributed by atoms with Crippen molar-refractivity contribution in [1.82, 2.24) is 4.90 Å². The fourth-order valence-corrected chi connectivity index (χ4v) is 2.37. The van der Waals surface area contributed by atoms with Gasteiger partial charge in [-0.3, -0.25) is 4.90 Å². The highest BCUT2D eigenvalue weighted by Gasteiger charge is 2.05. The largest absolute Gasteiger partial charge is 0.385 e. The van der Waals surface area contributed by atoms with Crippen molar-refractivity contribution in [3.05, 3.63) is 28.7 Å². The normalized spacial score (nSPS) is 11.0. The van der Waals surface area contributed by atoms with E-state index in [0.29, 0.717) is 0 Å². The van der Waals surface area contributed by atoms with Gasteiger partial charge in [0.25, 0.3) is 0 Å². The van der Waals surface area contributed by atoms with E-state index in [1.165, 1.54) is 0 Å². The minimum absolute atomic E-state index is 0.766. The van der Waals surface area contributed by atoms with E-state index in [4.69, 9.17) is 9.47 Å². The van der Waals surface area contributed by atoms with Gasteiger partial charge in [0, 0.05) is 57.2 Å². The maximum atomic E-state index is 5.16.